The first-order chi connectivity index (χ1) is 8.05. The van der Waals surface area contributed by atoms with Crippen LogP contribution in [-0.2, 0) is 0 Å². The van der Waals surface area contributed by atoms with E-state index in [4.69, 9.17) is 5.73 Å². The zero-order chi connectivity index (χ0) is 12.4. The van der Waals surface area contributed by atoms with Gasteiger partial charge in [0.15, 0.2) is 0 Å². The number of hydrogen-bond donors (Lipinski definition) is 1. The first-order valence-electron chi connectivity index (χ1n) is 7.75. The van der Waals surface area contributed by atoms with Crippen LogP contribution in [0.3, 0.4) is 0 Å². The van der Waals surface area contributed by atoms with Gasteiger partial charge in [-0.2, -0.15) is 0 Å². The van der Waals surface area contributed by atoms with Gasteiger partial charge in [0.1, 0.15) is 0 Å². The summed E-state index contributed by atoms with van der Waals surface area (Å²) in [7, 11) is 0. The van der Waals surface area contributed by atoms with E-state index in [0.717, 1.165) is 12.5 Å². The molecule has 0 aliphatic heterocycles. The molecule has 2 aliphatic rings. The largest absolute Gasteiger partial charge is 0.330 e. The minimum atomic E-state index is 0.512. The second-order valence-corrected chi connectivity index (χ2v) is 7.56. The van der Waals surface area contributed by atoms with Crippen molar-refractivity contribution in [3.63, 3.8) is 0 Å². The fraction of sp³-hybridized carbons (Fsp3) is 1.00. The second-order valence-electron chi connectivity index (χ2n) is 7.56. The van der Waals surface area contributed by atoms with Crippen molar-refractivity contribution in [3.05, 3.63) is 0 Å². The number of hydrogen-bond acceptors (Lipinski definition) is 1. The van der Waals surface area contributed by atoms with E-state index in [9.17, 15) is 0 Å². The van der Waals surface area contributed by atoms with Gasteiger partial charge in [0.05, 0.1) is 0 Å². The van der Waals surface area contributed by atoms with Crippen LogP contribution >= 0.6 is 0 Å². The monoisotopic (exact) mass is 237 g/mol. The molecule has 2 rings (SSSR count). The van der Waals surface area contributed by atoms with Gasteiger partial charge >= 0.3 is 0 Å². The standard InChI is InChI=1S/C16H31N/c1-15(2)9-11-16(13-17,12-10-15)8-7-14-5-3-4-6-14/h14H,3-13,17H2,1-2H3. The zero-order valence-corrected chi connectivity index (χ0v) is 11.9. The summed E-state index contributed by atoms with van der Waals surface area (Å²) in [5.74, 6) is 1.04. The summed E-state index contributed by atoms with van der Waals surface area (Å²) in [6, 6.07) is 0. The van der Waals surface area contributed by atoms with E-state index >= 15 is 0 Å². The second kappa shape index (κ2) is 5.30. The number of nitrogens with two attached hydrogens (primary N) is 1. The van der Waals surface area contributed by atoms with E-state index in [-0.39, 0.29) is 0 Å². The molecule has 100 valence electrons. The van der Waals surface area contributed by atoms with Gasteiger partial charge in [0.25, 0.3) is 0 Å². The molecule has 0 saturated heterocycles. The van der Waals surface area contributed by atoms with E-state index < -0.39 is 0 Å². The van der Waals surface area contributed by atoms with E-state index in [1.165, 1.54) is 64.2 Å². The smallest absolute Gasteiger partial charge is 0.00205 e. The third kappa shape index (κ3) is 3.47. The van der Waals surface area contributed by atoms with Crippen molar-refractivity contribution in [2.45, 2.75) is 78.1 Å². The zero-order valence-electron chi connectivity index (χ0n) is 11.9. The molecule has 1 heteroatoms. The van der Waals surface area contributed by atoms with E-state index in [2.05, 4.69) is 13.8 Å². The lowest BCUT2D eigenvalue weighted by Gasteiger charge is -2.43. The Kier molecular flexibility index (Phi) is 4.18. The molecule has 2 saturated carbocycles. The first-order valence-corrected chi connectivity index (χ1v) is 7.75. The van der Waals surface area contributed by atoms with Crippen LogP contribution in [0.15, 0.2) is 0 Å². The van der Waals surface area contributed by atoms with E-state index in [0.29, 0.717) is 10.8 Å². The molecule has 2 fully saturated rings. The summed E-state index contributed by atoms with van der Waals surface area (Å²) in [5, 5.41) is 0. The normalized spacial score (nSPS) is 28.4. The van der Waals surface area contributed by atoms with Gasteiger partial charge in [-0.3, -0.25) is 0 Å². The molecule has 0 heterocycles. The highest BCUT2D eigenvalue weighted by atomic mass is 14.6. The Hall–Kier alpha value is -0.0400. The van der Waals surface area contributed by atoms with E-state index in [1.54, 1.807) is 0 Å². The van der Waals surface area contributed by atoms with Gasteiger partial charge in [0, 0.05) is 0 Å². The third-order valence-corrected chi connectivity index (χ3v) is 5.65. The third-order valence-electron chi connectivity index (χ3n) is 5.65. The van der Waals surface area contributed by atoms with E-state index in [1.807, 2.05) is 0 Å². The molecule has 0 bridgehead atoms. The summed E-state index contributed by atoms with van der Waals surface area (Å²) in [4.78, 5) is 0. The molecule has 0 amide bonds. The Morgan fingerprint density at radius 1 is 1.00 bits per heavy atom. The molecule has 0 aromatic heterocycles. The lowest BCUT2D eigenvalue weighted by Crippen LogP contribution is -2.37. The van der Waals surface area contributed by atoms with Crippen LogP contribution in [0.5, 0.6) is 0 Å². The van der Waals surface area contributed by atoms with Gasteiger partial charge < -0.3 is 5.73 Å². The maximum Gasteiger partial charge on any atom is -0.00205 e. The summed E-state index contributed by atoms with van der Waals surface area (Å²) in [6.45, 7) is 5.77. The highest BCUT2D eigenvalue weighted by Gasteiger charge is 2.37. The maximum atomic E-state index is 6.11. The Morgan fingerprint density at radius 3 is 2.12 bits per heavy atom. The van der Waals surface area contributed by atoms with Crippen LogP contribution in [0.25, 0.3) is 0 Å². The Balaban J connectivity index is 1.82. The molecule has 0 aromatic carbocycles. The molecule has 0 spiro atoms. The van der Waals surface area contributed by atoms with Gasteiger partial charge in [-0.25, -0.2) is 0 Å². The van der Waals surface area contributed by atoms with Crippen LogP contribution in [-0.4, -0.2) is 6.54 Å². The molecule has 0 atom stereocenters. The summed E-state index contributed by atoms with van der Waals surface area (Å²) < 4.78 is 0. The van der Waals surface area contributed by atoms with Gasteiger partial charge in [0.2, 0.25) is 0 Å². The maximum absolute atomic E-state index is 6.11. The highest BCUT2D eigenvalue weighted by molar-refractivity contribution is 4.90. The van der Waals surface area contributed by atoms with Crippen LogP contribution in [0.1, 0.15) is 78.1 Å². The predicted molar refractivity (Wildman–Crippen MR) is 74.9 cm³/mol. The predicted octanol–water partition coefficient (Wildman–Crippen LogP) is 4.50. The van der Waals surface area contributed by atoms with Crippen molar-refractivity contribution in [2.75, 3.05) is 6.54 Å². The van der Waals surface area contributed by atoms with Crippen LogP contribution in [0.4, 0.5) is 0 Å². The Morgan fingerprint density at radius 2 is 1.59 bits per heavy atom. The lowest BCUT2D eigenvalue weighted by molar-refractivity contribution is 0.0926. The molecule has 2 aliphatic carbocycles. The van der Waals surface area contributed by atoms with Gasteiger partial charge in [-0.15, -0.1) is 0 Å². The summed E-state index contributed by atoms with van der Waals surface area (Å²) >= 11 is 0. The highest BCUT2D eigenvalue weighted by Crippen LogP contribution is 2.48. The van der Waals surface area contributed by atoms with Crippen molar-refractivity contribution in [1.29, 1.82) is 0 Å². The quantitative estimate of drug-likeness (QED) is 0.765. The van der Waals surface area contributed by atoms with Gasteiger partial charge in [-0.05, 0) is 61.8 Å². The Labute approximate surface area is 108 Å². The summed E-state index contributed by atoms with van der Waals surface area (Å²) in [6.07, 6.45) is 14.3. The molecule has 0 unspecified atom stereocenters. The average Bonchev–Trinajstić information content (AvgIpc) is 2.82. The fourth-order valence-corrected chi connectivity index (χ4v) is 3.82. The van der Waals surface area contributed by atoms with Crippen LogP contribution in [0.2, 0.25) is 0 Å². The van der Waals surface area contributed by atoms with Gasteiger partial charge in [-0.1, -0.05) is 39.5 Å². The van der Waals surface area contributed by atoms with Crippen molar-refractivity contribution in [2.24, 2.45) is 22.5 Å². The van der Waals surface area contributed by atoms with Crippen molar-refractivity contribution >= 4 is 0 Å². The SMILES string of the molecule is CC1(C)CCC(CN)(CCC2CCCC2)CC1. The molecule has 17 heavy (non-hydrogen) atoms. The van der Waals surface area contributed by atoms with Crippen molar-refractivity contribution in [1.82, 2.24) is 0 Å². The molecule has 1 nitrogen and oxygen atoms in total. The topological polar surface area (TPSA) is 26.0 Å². The minimum absolute atomic E-state index is 0.512. The van der Waals surface area contributed by atoms with Crippen LogP contribution < -0.4 is 5.73 Å². The molecule has 0 aromatic rings. The van der Waals surface area contributed by atoms with Crippen LogP contribution in [0, 0.1) is 16.7 Å². The average molecular weight is 237 g/mol. The van der Waals surface area contributed by atoms with Crippen molar-refractivity contribution in [3.8, 4) is 0 Å². The lowest BCUT2D eigenvalue weighted by atomic mass is 9.63. The van der Waals surface area contributed by atoms with Crippen molar-refractivity contribution < 1.29 is 0 Å². The molecule has 2 N–H and O–H groups in total. The molecular weight excluding hydrogens is 206 g/mol. The number of rotatable bonds is 4. The summed E-state index contributed by atoms with van der Waals surface area (Å²) in [5.41, 5.74) is 7.20. The fourth-order valence-electron chi connectivity index (χ4n) is 3.82. The first kappa shape index (κ1) is 13.4. The molecule has 0 radical (unpaired) electrons. The minimum Gasteiger partial charge on any atom is -0.330 e. The molecular formula is C16H31N. The Bertz CT molecular complexity index is 228.